The third-order valence-corrected chi connectivity index (χ3v) is 4.38. The molecule has 3 aromatic rings. The zero-order valence-electron chi connectivity index (χ0n) is 15.1. The van der Waals surface area contributed by atoms with Gasteiger partial charge in [0.15, 0.2) is 17.0 Å². The summed E-state index contributed by atoms with van der Waals surface area (Å²) in [5, 5.41) is 0. The third-order valence-electron chi connectivity index (χ3n) is 4.38. The molecule has 3 rings (SSSR count). The number of aromatic nitrogens is 3. The highest BCUT2D eigenvalue weighted by atomic mass is 16.5. The molecule has 1 aromatic carbocycles. The fourth-order valence-electron chi connectivity index (χ4n) is 3.02. The molecular weight excluding hydrogens is 334 g/mol. The number of hydrogen-bond acceptors (Lipinski definition) is 5. The molecule has 7 heteroatoms. The molecule has 0 spiro atoms. The first-order chi connectivity index (χ1) is 12.6. The lowest BCUT2D eigenvalue weighted by atomic mass is 10.1. The molecule has 2 aromatic heterocycles. The van der Waals surface area contributed by atoms with Crippen LogP contribution in [0.5, 0.6) is 11.5 Å². The molecule has 136 valence electrons. The van der Waals surface area contributed by atoms with E-state index in [1.54, 1.807) is 37.1 Å². The van der Waals surface area contributed by atoms with Gasteiger partial charge in [-0.15, -0.1) is 0 Å². The molecule has 0 unspecified atom stereocenters. The second-order valence-electron chi connectivity index (χ2n) is 5.79. The Morgan fingerprint density at radius 1 is 1.04 bits per heavy atom. The van der Waals surface area contributed by atoms with Gasteiger partial charge in [0.2, 0.25) is 0 Å². The van der Waals surface area contributed by atoms with Crippen LogP contribution in [0.4, 0.5) is 0 Å². The van der Waals surface area contributed by atoms with E-state index in [4.69, 9.17) is 9.47 Å². The normalized spacial score (nSPS) is 10.9. The predicted molar refractivity (Wildman–Crippen MR) is 99.2 cm³/mol. The lowest BCUT2D eigenvalue weighted by molar-refractivity contribution is 0.354. The first-order valence-corrected chi connectivity index (χ1v) is 8.40. The van der Waals surface area contributed by atoms with Crippen molar-refractivity contribution in [1.82, 2.24) is 14.1 Å². The van der Waals surface area contributed by atoms with Crippen molar-refractivity contribution < 1.29 is 9.47 Å². The maximum atomic E-state index is 12.7. The molecule has 26 heavy (non-hydrogen) atoms. The van der Waals surface area contributed by atoms with Gasteiger partial charge in [0, 0.05) is 19.3 Å². The van der Waals surface area contributed by atoms with Crippen molar-refractivity contribution in [2.45, 2.75) is 26.4 Å². The van der Waals surface area contributed by atoms with Crippen molar-refractivity contribution in [3.05, 3.63) is 62.9 Å². The van der Waals surface area contributed by atoms with Crippen LogP contribution < -0.4 is 20.7 Å². The van der Waals surface area contributed by atoms with Gasteiger partial charge >= 0.3 is 5.69 Å². The van der Waals surface area contributed by atoms with Gasteiger partial charge in [-0.25, -0.2) is 9.78 Å². The minimum absolute atomic E-state index is 0.264. The topological polar surface area (TPSA) is 75.3 Å². The Bertz CT molecular complexity index is 1050. The minimum atomic E-state index is -0.365. The van der Waals surface area contributed by atoms with Crippen LogP contribution in [0, 0.1) is 0 Å². The second kappa shape index (κ2) is 7.43. The molecular formula is C19H21N3O4. The molecule has 0 aliphatic rings. The largest absolute Gasteiger partial charge is 0.493 e. The Morgan fingerprint density at radius 3 is 2.50 bits per heavy atom. The zero-order valence-corrected chi connectivity index (χ0v) is 15.1. The van der Waals surface area contributed by atoms with Gasteiger partial charge in [0.1, 0.15) is 0 Å². The van der Waals surface area contributed by atoms with Crippen LogP contribution in [-0.2, 0) is 19.5 Å². The lowest BCUT2D eigenvalue weighted by Crippen LogP contribution is -2.40. The molecule has 0 atom stereocenters. The zero-order chi connectivity index (χ0) is 18.7. The summed E-state index contributed by atoms with van der Waals surface area (Å²) in [6.45, 7) is 2.61. The number of methoxy groups -OCH3 is 2. The van der Waals surface area contributed by atoms with Crippen LogP contribution in [0.2, 0.25) is 0 Å². The summed E-state index contributed by atoms with van der Waals surface area (Å²) < 4.78 is 13.3. The summed E-state index contributed by atoms with van der Waals surface area (Å²) in [6, 6.07) is 9.02. The molecule has 0 aliphatic heterocycles. The van der Waals surface area contributed by atoms with Crippen LogP contribution in [0.15, 0.2) is 46.1 Å². The van der Waals surface area contributed by atoms with Crippen molar-refractivity contribution in [2.75, 3.05) is 14.2 Å². The van der Waals surface area contributed by atoms with Crippen LogP contribution in [0.3, 0.4) is 0 Å². The summed E-state index contributed by atoms with van der Waals surface area (Å²) in [7, 11) is 3.15. The highest BCUT2D eigenvalue weighted by Gasteiger charge is 2.13. The first-order valence-electron chi connectivity index (χ1n) is 8.40. The van der Waals surface area contributed by atoms with E-state index in [9.17, 15) is 9.59 Å². The van der Waals surface area contributed by atoms with Crippen molar-refractivity contribution in [3.63, 3.8) is 0 Å². The van der Waals surface area contributed by atoms with Crippen LogP contribution in [0.1, 0.15) is 12.5 Å². The van der Waals surface area contributed by atoms with Gasteiger partial charge in [-0.3, -0.25) is 13.9 Å². The van der Waals surface area contributed by atoms with Crippen molar-refractivity contribution in [1.29, 1.82) is 0 Å². The minimum Gasteiger partial charge on any atom is -0.493 e. The molecule has 7 nitrogen and oxygen atoms in total. The fourth-order valence-corrected chi connectivity index (χ4v) is 3.02. The molecule has 0 saturated heterocycles. The van der Waals surface area contributed by atoms with Gasteiger partial charge in [0.25, 0.3) is 5.56 Å². The smallest absolute Gasteiger partial charge is 0.331 e. The summed E-state index contributed by atoms with van der Waals surface area (Å²) in [6.07, 6.45) is 2.07. The number of hydrogen-bond donors (Lipinski definition) is 0. The van der Waals surface area contributed by atoms with Crippen molar-refractivity contribution in [2.24, 2.45) is 0 Å². The van der Waals surface area contributed by atoms with E-state index >= 15 is 0 Å². The summed E-state index contributed by atoms with van der Waals surface area (Å²) in [5.41, 5.74) is 1.13. The van der Waals surface area contributed by atoms with Gasteiger partial charge in [-0.2, -0.15) is 0 Å². The van der Waals surface area contributed by atoms with E-state index in [0.717, 1.165) is 5.56 Å². The maximum absolute atomic E-state index is 12.7. The van der Waals surface area contributed by atoms with Gasteiger partial charge in [-0.05, 0) is 43.2 Å². The molecule has 0 amide bonds. The highest BCUT2D eigenvalue weighted by molar-refractivity contribution is 5.72. The molecule has 2 heterocycles. The van der Waals surface area contributed by atoms with Gasteiger partial charge in [0.05, 0.1) is 19.7 Å². The number of pyridine rings is 1. The average molecular weight is 355 g/mol. The Balaban J connectivity index is 2.00. The number of fused-ring (bicyclic) bond motifs is 1. The number of aryl methyl sites for hydroxylation is 2. The Labute approximate surface area is 150 Å². The summed E-state index contributed by atoms with van der Waals surface area (Å²) in [5.74, 6) is 1.25. The quantitative estimate of drug-likeness (QED) is 0.674. The van der Waals surface area contributed by atoms with Crippen LogP contribution >= 0.6 is 0 Å². The van der Waals surface area contributed by atoms with E-state index in [1.807, 2.05) is 25.1 Å². The Morgan fingerprint density at radius 2 is 1.81 bits per heavy atom. The molecule has 0 fully saturated rings. The summed E-state index contributed by atoms with van der Waals surface area (Å²) >= 11 is 0. The standard InChI is InChI=1S/C19H21N3O4/c1-4-21-14-6-5-10-20-17(14)18(23)22(19(21)24)11-9-13-7-8-15(25-2)16(12-13)26-3/h5-8,10,12H,4,9,11H2,1-3H3. The predicted octanol–water partition coefficient (Wildman–Crippen LogP) is 1.84. The van der Waals surface area contributed by atoms with Crippen LogP contribution in [0.25, 0.3) is 11.0 Å². The second-order valence-corrected chi connectivity index (χ2v) is 5.79. The number of rotatable bonds is 6. The summed E-state index contributed by atoms with van der Waals surface area (Å²) in [4.78, 5) is 29.6. The maximum Gasteiger partial charge on any atom is 0.331 e. The SMILES string of the molecule is CCn1c(=O)n(CCc2ccc(OC)c(OC)c2)c(=O)c2ncccc21. The Kier molecular flexibility index (Phi) is 5.06. The van der Waals surface area contributed by atoms with E-state index < -0.39 is 0 Å². The van der Waals surface area contributed by atoms with E-state index in [1.165, 1.54) is 4.57 Å². The molecule has 0 bridgehead atoms. The van der Waals surface area contributed by atoms with Crippen molar-refractivity contribution >= 4 is 11.0 Å². The first kappa shape index (κ1) is 17.7. The number of benzene rings is 1. The van der Waals surface area contributed by atoms with Crippen LogP contribution in [-0.4, -0.2) is 28.3 Å². The number of nitrogens with zero attached hydrogens (tertiary/aromatic N) is 3. The van der Waals surface area contributed by atoms with E-state index in [0.29, 0.717) is 35.5 Å². The highest BCUT2D eigenvalue weighted by Crippen LogP contribution is 2.27. The number of ether oxygens (including phenoxy) is 2. The molecule has 0 aliphatic carbocycles. The Hall–Kier alpha value is -3.09. The van der Waals surface area contributed by atoms with E-state index in [-0.39, 0.29) is 17.8 Å². The molecule has 0 radical (unpaired) electrons. The monoisotopic (exact) mass is 355 g/mol. The third kappa shape index (κ3) is 3.08. The van der Waals surface area contributed by atoms with Gasteiger partial charge < -0.3 is 9.47 Å². The van der Waals surface area contributed by atoms with E-state index in [2.05, 4.69) is 4.98 Å². The molecule has 0 N–H and O–H groups in total. The lowest BCUT2D eigenvalue weighted by Gasteiger charge is -2.13. The van der Waals surface area contributed by atoms with Crippen molar-refractivity contribution in [3.8, 4) is 11.5 Å². The molecule has 0 saturated carbocycles. The van der Waals surface area contributed by atoms with Gasteiger partial charge in [-0.1, -0.05) is 6.07 Å². The fraction of sp³-hybridized carbons (Fsp3) is 0.316. The average Bonchev–Trinajstić information content (AvgIpc) is 2.68.